The molecule has 216 valence electrons. The lowest BCUT2D eigenvalue weighted by molar-refractivity contribution is 0.0779. The molecule has 0 bridgehead atoms. The predicted molar refractivity (Wildman–Crippen MR) is 157 cm³/mol. The number of ether oxygens (including phenoxy) is 2. The van der Waals surface area contributed by atoms with Crippen molar-refractivity contribution >= 4 is 38.1 Å². The first-order valence-electron chi connectivity index (χ1n) is 12.9. The van der Waals surface area contributed by atoms with E-state index in [9.17, 15) is 16.8 Å². The van der Waals surface area contributed by atoms with Crippen LogP contribution < -0.4 is 4.74 Å². The fourth-order valence-electron chi connectivity index (χ4n) is 4.09. The van der Waals surface area contributed by atoms with Crippen molar-refractivity contribution in [3.8, 4) is 5.75 Å². The largest absolute Gasteiger partial charge is 0.491 e. The number of aryl methyl sites for hydroxylation is 1. The maximum Gasteiger partial charge on any atom is 0.358 e. The molecule has 3 aromatic carbocycles. The van der Waals surface area contributed by atoms with Gasteiger partial charge in [0.2, 0.25) is 0 Å². The molecule has 0 fully saturated rings. The van der Waals surface area contributed by atoms with Crippen molar-refractivity contribution < 1.29 is 34.8 Å². The van der Waals surface area contributed by atoms with Crippen LogP contribution in [0.2, 0.25) is 0 Å². The van der Waals surface area contributed by atoms with Crippen LogP contribution in [0, 0.1) is 0 Å². The summed E-state index contributed by atoms with van der Waals surface area (Å²) in [5, 5.41) is 3.98. The summed E-state index contributed by atoms with van der Waals surface area (Å²) >= 11 is 0. The van der Waals surface area contributed by atoms with Gasteiger partial charge in [-0.2, -0.15) is 16.8 Å². The van der Waals surface area contributed by atoms with Gasteiger partial charge in [0.15, 0.2) is 0 Å². The standard InChI is InChI=1S/C30H31NO8S2/c1-3-23-8-13-27(14-9-23)40(32,33)38-21-19-36-18-20-37-26-12-17-29-25(22-26)6-5-7-30(29)31-39-41(34,35)28-15-10-24(4-2)11-16-28/h3-4,8-17,22H,1-2,5-7,18-21H2/b31-30-. The molecule has 0 unspecified atom stereocenters. The van der Waals surface area contributed by atoms with Crippen LogP contribution >= 0.6 is 0 Å². The summed E-state index contributed by atoms with van der Waals surface area (Å²) in [7, 11) is -7.91. The van der Waals surface area contributed by atoms with Crippen LogP contribution in [0.5, 0.6) is 5.75 Å². The normalized spacial score (nSPS) is 14.3. The molecule has 0 saturated heterocycles. The Bertz CT molecular complexity index is 1610. The van der Waals surface area contributed by atoms with Gasteiger partial charge in [-0.3, -0.25) is 8.47 Å². The number of rotatable bonds is 14. The van der Waals surface area contributed by atoms with E-state index < -0.39 is 20.2 Å². The Balaban J connectivity index is 1.24. The summed E-state index contributed by atoms with van der Waals surface area (Å²) in [5.74, 6) is 0.631. The average molecular weight is 598 g/mol. The first-order valence-corrected chi connectivity index (χ1v) is 15.7. The van der Waals surface area contributed by atoms with E-state index in [-0.39, 0.29) is 36.2 Å². The zero-order chi connectivity index (χ0) is 29.3. The highest BCUT2D eigenvalue weighted by Gasteiger charge is 2.20. The van der Waals surface area contributed by atoms with Crippen LogP contribution in [0.1, 0.15) is 35.1 Å². The third-order valence-corrected chi connectivity index (χ3v) is 8.71. The van der Waals surface area contributed by atoms with Crippen molar-refractivity contribution in [3.63, 3.8) is 0 Å². The average Bonchev–Trinajstić information content (AvgIpc) is 2.99. The fraction of sp³-hybridized carbons (Fsp3) is 0.233. The van der Waals surface area contributed by atoms with Crippen LogP contribution in [0.3, 0.4) is 0 Å². The Morgan fingerprint density at radius 1 is 0.732 bits per heavy atom. The Morgan fingerprint density at radius 2 is 1.34 bits per heavy atom. The smallest absolute Gasteiger partial charge is 0.358 e. The highest BCUT2D eigenvalue weighted by molar-refractivity contribution is 7.87. The van der Waals surface area contributed by atoms with Gasteiger partial charge >= 0.3 is 10.1 Å². The molecular weight excluding hydrogens is 566 g/mol. The number of benzene rings is 3. The Labute approximate surface area is 241 Å². The van der Waals surface area contributed by atoms with Gasteiger partial charge in [0, 0.05) is 5.56 Å². The number of hydrogen-bond acceptors (Lipinski definition) is 9. The van der Waals surface area contributed by atoms with E-state index in [1.165, 1.54) is 24.3 Å². The Kier molecular flexibility index (Phi) is 10.1. The Morgan fingerprint density at radius 3 is 1.98 bits per heavy atom. The van der Waals surface area contributed by atoms with E-state index in [2.05, 4.69) is 18.3 Å². The third kappa shape index (κ3) is 8.14. The molecule has 0 aliphatic heterocycles. The summed E-state index contributed by atoms with van der Waals surface area (Å²) < 4.78 is 70.9. The van der Waals surface area contributed by atoms with Crippen LogP contribution in [0.25, 0.3) is 12.2 Å². The van der Waals surface area contributed by atoms with Crippen LogP contribution in [0.15, 0.2) is 94.8 Å². The number of oxime groups is 1. The molecule has 0 spiro atoms. The molecule has 11 heteroatoms. The van der Waals surface area contributed by atoms with E-state index in [0.29, 0.717) is 17.9 Å². The molecule has 0 radical (unpaired) electrons. The zero-order valence-corrected chi connectivity index (χ0v) is 24.0. The van der Waals surface area contributed by atoms with Crippen molar-refractivity contribution in [1.82, 2.24) is 0 Å². The molecule has 3 aromatic rings. The molecule has 0 atom stereocenters. The number of nitrogens with zero attached hydrogens (tertiary/aromatic N) is 1. The van der Waals surface area contributed by atoms with Gasteiger partial charge in [0.1, 0.15) is 17.3 Å². The van der Waals surface area contributed by atoms with Gasteiger partial charge in [-0.25, -0.2) is 0 Å². The zero-order valence-electron chi connectivity index (χ0n) is 22.4. The van der Waals surface area contributed by atoms with E-state index in [1.54, 1.807) is 42.5 Å². The van der Waals surface area contributed by atoms with E-state index in [4.69, 9.17) is 17.9 Å². The number of hydrogen-bond donors (Lipinski definition) is 0. The lowest BCUT2D eigenvalue weighted by Gasteiger charge is -2.18. The predicted octanol–water partition coefficient (Wildman–Crippen LogP) is 5.22. The molecule has 9 nitrogen and oxygen atoms in total. The van der Waals surface area contributed by atoms with Gasteiger partial charge in [0.25, 0.3) is 10.1 Å². The second-order valence-corrected chi connectivity index (χ2v) is 12.2. The molecule has 41 heavy (non-hydrogen) atoms. The molecule has 0 amide bonds. The highest BCUT2D eigenvalue weighted by Crippen LogP contribution is 2.27. The van der Waals surface area contributed by atoms with E-state index in [0.717, 1.165) is 35.1 Å². The summed E-state index contributed by atoms with van der Waals surface area (Å²) in [5.41, 5.74) is 3.95. The Hall–Kier alpha value is -3.77. The van der Waals surface area contributed by atoms with Gasteiger partial charge in [-0.05, 0) is 78.4 Å². The first kappa shape index (κ1) is 30.2. The molecule has 0 aromatic heterocycles. The SMILES string of the molecule is C=Cc1ccc(S(=O)(=O)OCCOCCOc2ccc3c(c2)CCC/C3=N/OS(=O)(=O)c2ccc(C=C)cc2)cc1. The van der Waals surface area contributed by atoms with Gasteiger partial charge < -0.3 is 9.47 Å². The molecule has 0 heterocycles. The molecule has 1 aliphatic carbocycles. The van der Waals surface area contributed by atoms with Crippen LogP contribution in [0.4, 0.5) is 0 Å². The van der Waals surface area contributed by atoms with Crippen molar-refractivity contribution in [1.29, 1.82) is 0 Å². The van der Waals surface area contributed by atoms with E-state index >= 15 is 0 Å². The highest BCUT2D eigenvalue weighted by atomic mass is 32.2. The summed E-state index contributed by atoms with van der Waals surface area (Å²) in [6.07, 6.45) is 5.42. The molecular formula is C30H31NO8S2. The summed E-state index contributed by atoms with van der Waals surface area (Å²) in [6.45, 7) is 7.74. The molecule has 1 aliphatic rings. The minimum atomic E-state index is -4.05. The van der Waals surface area contributed by atoms with E-state index in [1.807, 2.05) is 12.1 Å². The van der Waals surface area contributed by atoms with Crippen molar-refractivity contribution in [2.24, 2.45) is 5.16 Å². The number of fused-ring (bicyclic) bond motifs is 1. The topological polar surface area (TPSA) is 118 Å². The second-order valence-electron chi connectivity index (χ2n) is 9.02. The van der Waals surface area contributed by atoms with Gasteiger partial charge in [-0.1, -0.05) is 54.7 Å². The van der Waals surface area contributed by atoms with Crippen LogP contribution in [-0.4, -0.2) is 49.0 Å². The van der Waals surface area contributed by atoms with Gasteiger partial charge in [0.05, 0.1) is 30.4 Å². The third-order valence-electron chi connectivity index (χ3n) is 6.26. The fourth-order valence-corrected chi connectivity index (χ4v) is 5.73. The van der Waals surface area contributed by atoms with Gasteiger partial charge in [-0.15, -0.1) is 0 Å². The van der Waals surface area contributed by atoms with Crippen molar-refractivity contribution in [2.45, 2.75) is 29.1 Å². The lowest BCUT2D eigenvalue weighted by Crippen LogP contribution is -2.15. The lowest BCUT2D eigenvalue weighted by atomic mass is 9.90. The van der Waals surface area contributed by atoms with Crippen LogP contribution in [-0.2, 0) is 39.9 Å². The molecule has 0 saturated carbocycles. The molecule has 0 N–H and O–H groups in total. The summed E-state index contributed by atoms with van der Waals surface area (Å²) in [6, 6.07) is 17.9. The quantitative estimate of drug-likeness (QED) is 0.141. The van der Waals surface area contributed by atoms with Crippen molar-refractivity contribution in [3.05, 3.63) is 102 Å². The minimum Gasteiger partial charge on any atom is -0.491 e. The maximum atomic E-state index is 12.6. The molecule has 4 rings (SSSR count). The monoisotopic (exact) mass is 597 g/mol. The first-order chi connectivity index (χ1) is 19.7. The summed E-state index contributed by atoms with van der Waals surface area (Å²) in [4.78, 5) is 0.0833. The second kappa shape index (κ2) is 13.7. The van der Waals surface area contributed by atoms with Crippen molar-refractivity contribution in [2.75, 3.05) is 26.4 Å². The minimum absolute atomic E-state index is 0.0150. The maximum absolute atomic E-state index is 12.6.